The number of carbonyl (C=O) groups is 1. The summed E-state index contributed by atoms with van der Waals surface area (Å²) in [5.74, 6) is -3.58. The van der Waals surface area contributed by atoms with Crippen molar-refractivity contribution in [3.8, 4) is 6.07 Å². The zero-order chi connectivity index (χ0) is 13.8. The molecule has 0 bridgehead atoms. The van der Waals surface area contributed by atoms with Gasteiger partial charge in [-0.2, -0.15) is 5.26 Å². The second-order valence-electron chi connectivity index (χ2n) is 3.83. The van der Waals surface area contributed by atoms with E-state index in [9.17, 15) is 13.6 Å². The van der Waals surface area contributed by atoms with Gasteiger partial charge in [0.25, 0.3) is 0 Å². The van der Waals surface area contributed by atoms with Gasteiger partial charge in [-0.25, -0.2) is 8.78 Å². The highest BCUT2D eigenvalue weighted by molar-refractivity contribution is 6.02. The molecule has 2 aromatic rings. The Bertz CT molecular complexity index is 650. The Kier molecular flexibility index (Phi) is 3.62. The summed E-state index contributed by atoms with van der Waals surface area (Å²) in [7, 11) is 0. The predicted octanol–water partition coefficient (Wildman–Crippen LogP) is 2.85. The molecule has 0 fully saturated rings. The van der Waals surface area contributed by atoms with E-state index < -0.39 is 23.3 Å². The number of carbonyl (C=O) groups excluding carboxylic acids is 1. The number of halogens is 2. The molecule has 1 atom stereocenters. The van der Waals surface area contributed by atoms with Crippen LogP contribution in [-0.4, -0.2) is 10.8 Å². The fraction of sp³-hybridized carbons (Fsp3) is 0.0714. The van der Waals surface area contributed by atoms with E-state index >= 15 is 0 Å². The number of rotatable bonds is 3. The maximum absolute atomic E-state index is 13.5. The Hall–Kier alpha value is -2.61. The number of Topliss-reactive ketones (excluding diaryl/α,β-unsaturated/α-hetero) is 1. The summed E-state index contributed by atoms with van der Waals surface area (Å²) in [6.07, 6.45) is 2.88. The molecule has 0 aliphatic carbocycles. The Balaban J connectivity index is 2.40. The van der Waals surface area contributed by atoms with E-state index in [1.54, 1.807) is 0 Å². The van der Waals surface area contributed by atoms with Crippen molar-refractivity contribution in [2.24, 2.45) is 0 Å². The molecule has 1 aromatic carbocycles. The zero-order valence-electron chi connectivity index (χ0n) is 9.68. The molecule has 0 saturated heterocycles. The van der Waals surface area contributed by atoms with Gasteiger partial charge in [-0.15, -0.1) is 0 Å². The van der Waals surface area contributed by atoms with Gasteiger partial charge in [-0.3, -0.25) is 9.78 Å². The van der Waals surface area contributed by atoms with Gasteiger partial charge in [-0.1, -0.05) is 0 Å². The average Bonchev–Trinajstić information content (AvgIpc) is 2.40. The van der Waals surface area contributed by atoms with Crippen LogP contribution in [0.1, 0.15) is 21.8 Å². The van der Waals surface area contributed by atoms with Crippen molar-refractivity contribution < 1.29 is 13.6 Å². The molecular weight excluding hydrogens is 250 g/mol. The average molecular weight is 258 g/mol. The first-order valence-corrected chi connectivity index (χ1v) is 5.42. The number of hydrogen-bond acceptors (Lipinski definition) is 3. The minimum absolute atomic E-state index is 0.301. The minimum Gasteiger partial charge on any atom is -0.292 e. The lowest BCUT2D eigenvalue weighted by Crippen LogP contribution is -2.13. The largest absolute Gasteiger partial charge is 0.292 e. The number of ketones is 1. The lowest BCUT2D eigenvalue weighted by atomic mass is 9.92. The molecule has 0 saturated carbocycles. The van der Waals surface area contributed by atoms with Crippen LogP contribution in [-0.2, 0) is 0 Å². The molecule has 5 heteroatoms. The molecule has 2 rings (SSSR count). The van der Waals surface area contributed by atoms with Crippen molar-refractivity contribution in [3.63, 3.8) is 0 Å². The van der Waals surface area contributed by atoms with Crippen molar-refractivity contribution in [1.82, 2.24) is 4.98 Å². The highest BCUT2D eigenvalue weighted by Crippen LogP contribution is 2.22. The third-order valence-electron chi connectivity index (χ3n) is 2.63. The normalized spacial score (nSPS) is 11.6. The molecule has 0 N–H and O–H groups in total. The zero-order valence-corrected chi connectivity index (χ0v) is 9.68. The standard InChI is InChI=1S/C14H8F2N2O/c15-10-1-2-11(13(16)7-10)14(19)12(8-17)9-3-5-18-6-4-9/h1-7,12H. The lowest BCUT2D eigenvalue weighted by Gasteiger charge is -2.09. The Morgan fingerprint density at radius 1 is 1.21 bits per heavy atom. The molecular formula is C14H8F2N2O. The third kappa shape index (κ3) is 2.63. The quantitative estimate of drug-likeness (QED) is 0.795. The number of pyridine rings is 1. The minimum atomic E-state index is -1.14. The van der Waals surface area contributed by atoms with Crippen LogP contribution in [0.25, 0.3) is 0 Å². The summed E-state index contributed by atoms with van der Waals surface area (Å²) in [5.41, 5.74) is 0.121. The predicted molar refractivity (Wildman–Crippen MR) is 63.3 cm³/mol. The van der Waals surface area contributed by atoms with Gasteiger partial charge < -0.3 is 0 Å². The Morgan fingerprint density at radius 2 is 1.89 bits per heavy atom. The summed E-state index contributed by atoms with van der Waals surface area (Å²) in [6.45, 7) is 0. The second-order valence-corrected chi connectivity index (χ2v) is 3.83. The van der Waals surface area contributed by atoms with Gasteiger partial charge in [-0.05, 0) is 29.8 Å². The molecule has 94 valence electrons. The number of nitriles is 1. The van der Waals surface area contributed by atoms with Crippen LogP contribution in [0.15, 0.2) is 42.7 Å². The van der Waals surface area contributed by atoms with Gasteiger partial charge in [0, 0.05) is 18.5 Å². The van der Waals surface area contributed by atoms with Crippen LogP contribution in [0, 0.1) is 23.0 Å². The summed E-state index contributed by atoms with van der Waals surface area (Å²) < 4.78 is 26.3. The van der Waals surface area contributed by atoms with Gasteiger partial charge in [0.2, 0.25) is 0 Å². The van der Waals surface area contributed by atoms with Crippen molar-refractivity contribution in [1.29, 1.82) is 5.26 Å². The maximum atomic E-state index is 13.5. The summed E-state index contributed by atoms with van der Waals surface area (Å²) in [4.78, 5) is 15.9. The monoisotopic (exact) mass is 258 g/mol. The van der Waals surface area contributed by atoms with E-state index in [2.05, 4.69) is 4.98 Å². The Morgan fingerprint density at radius 3 is 2.47 bits per heavy atom. The van der Waals surface area contributed by atoms with Crippen LogP contribution >= 0.6 is 0 Å². The summed E-state index contributed by atoms with van der Waals surface area (Å²) in [5, 5.41) is 9.07. The summed E-state index contributed by atoms with van der Waals surface area (Å²) in [6, 6.07) is 7.48. The third-order valence-corrected chi connectivity index (χ3v) is 2.63. The van der Waals surface area contributed by atoms with Gasteiger partial charge in [0.15, 0.2) is 5.78 Å². The topological polar surface area (TPSA) is 53.8 Å². The van der Waals surface area contributed by atoms with Crippen molar-refractivity contribution >= 4 is 5.78 Å². The highest BCUT2D eigenvalue weighted by atomic mass is 19.1. The molecule has 0 spiro atoms. The van der Waals surface area contributed by atoms with Crippen molar-refractivity contribution in [2.75, 3.05) is 0 Å². The Labute approximate surface area is 108 Å². The molecule has 3 nitrogen and oxygen atoms in total. The maximum Gasteiger partial charge on any atom is 0.187 e. The molecule has 0 aliphatic rings. The van der Waals surface area contributed by atoms with Crippen LogP contribution in [0.4, 0.5) is 8.78 Å². The number of aromatic nitrogens is 1. The van der Waals surface area contributed by atoms with E-state index in [0.29, 0.717) is 11.6 Å². The first-order valence-electron chi connectivity index (χ1n) is 5.42. The number of benzene rings is 1. The van der Waals surface area contributed by atoms with Crippen LogP contribution in [0.3, 0.4) is 0 Å². The molecule has 0 aliphatic heterocycles. The van der Waals surface area contributed by atoms with Gasteiger partial charge in [0.05, 0.1) is 11.6 Å². The van der Waals surface area contributed by atoms with Crippen molar-refractivity contribution in [2.45, 2.75) is 5.92 Å². The smallest absolute Gasteiger partial charge is 0.187 e. The fourth-order valence-corrected chi connectivity index (χ4v) is 1.69. The fourth-order valence-electron chi connectivity index (χ4n) is 1.69. The summed E-state index contributed by atoms with van der Waals surface area (Å²) >= 11 is 0. The lowest BCUT2D eigenvalue weighted by molar-refractivity contribution is 0.0975. The molecule has 1 heterocycles. The van der Waals surface area contributed by atoms with Crippen LogP contribution in [0.5, 0.6) is 0 Å². The van der Waals surface area contributed by atoms with E-state index in [1.165, 1.54) is 24.5 Å². The van der Waals surface area contributed by atoms with Crippen LogP contribution in [0.2, 0.25) is 0 Å². The highest BCUT2D eigenvalue weighted by Gasteiger charge is 2.24. The molecule has 0 amide bonds. The number of hydrogen-bond donors (Lipinski definition) is 0. The van der Waals surface area contributed by atoms with E-state index in [-0.39, 0.29) is 5.56 Å². The van der Waals surface area contributed by atoms with Crippen LogP contribution < -0.4 is 0 Å². The van der Waals surface area contributed by atoms with Gasteiger partial charge >= 0.3 is 0 Å². The molecule has 0 radical (unpaired) electrons. The molecule has 19 heavy (non-hydrogen) atoms. The molecule has 1 unspecified atom stereocenters. The SMILES string of the molecule is N#CC(C(=O)c1ccc(F)cc1F)c1ccncc1. The van der Waals surface area contributed by atoms with Gasteiger partial charge in [0.1, 0.15) is 17.6 Å². The molecule has 1 aromatic heterocycles. The van der Waals surface area contributed by atoms with E-state index in [0.717, 1.165) is 12.1 Å². The first kappa shape index (κ1) is 12.8. The van der Waals surface area contributed by atoms with Crippen molar-refractivity contribution in [3.05, 3.63) is 65.5 Å². The number of nitrogens with zero attached hydrogens (tertiary/aromatic N) is 2. The van der Waals surface area contributed by atoms with E-state index in [1.807, 2.05) is 6.07 Å². The van der Waals surface area contributed by atoms with E-state index in [4.69, 9.17) is 5.26 Å². The second kappa shape index (κ2) is 5.36. The first-order chi connectivity index (χ1) is 9.13.